The van der Waals surface area contributed by atoms with Crippen molar-refractivity contribution < 1.29 is 13.5 Å². The molecule has 1 saturated heterocycles. The number of halogens is 2. The molecule has 2 N–H and O–H groups in total. The minimum absolute atomic E-state index is 0. The minimum Gasteiger partial charge on any atom is -0.469 e. The number of aliphatic imine (C=N–C) groups is 1. The summed E-state index contributed by atoms with van der Waals surface area (Å²) in [6, 6.07) is 10.7. The third-order valence-corrected chi connectivity index (χ3v) is 5.03. The van der Waals surface area contributed by atoms with Gasteiger partial charge in [0, 0.05) is 38.1 Å². The van der Waals surface area contributed by atoms with E-state index in [1.165, 1.54) is 12.1 Å². The third-order valence-electron chi connectivity index (χ3n) is 5.03. The van der Waals surface area contributed by atoms with Crippen LogP contribution < -0.4 is 10.6 Å². The predicted molar refractivity (Wildman–Crippen MR) is 120 cm³/mol. The van der Waals surface area contributed by atoms with Crippen LogP contribution in [0.5, 0.6) is 0 Å². The molecule has 0 spiro atoms. The standard InChI is InChI=1S/C21H28FN3O2.HI/c1-2-23-20(24-12-9-19-4-3-13-27-19)25-16-21(10-14-26-15-11-21)17-5-7-18(22)8-6-17;/h3-8,13H,2,9-12,14-16H2,1H3,(H2,23,24,25);1H. The molecule has 1 aromatic carbocycles. The summed E-state index contributed by atoms with van der Waals surface area (Å²) in [7, 11) is 0. The molecule has 0 amide bonds. The van der Waals surface area contributed by atoms with Gasteiger partial charge in [-0.25, -0.2) is 4.39 Å². The highest BCUT2D eigenvalue weighted by Gasteiger charge is 2.34. The number of furan rings is 1. The van der Waals surface area contributed by atoms with Crippen LogP contribution in [0.2, 0.25) is 0 Å². The van der Waals surface area contributed by atoms with Crippen molar-refractivity contribution in [2.24, 2.45) is 4.99 Å². The molecule has 0 atom stereocenters. The number of nitrogens with zero attached hydrogens (tertiary/aromatic N) is 1. The second kappa shape index (κ2) is 11.4. The van der Waals surface area contributed by atoms with Crippen molar-refractivity contribution in [1.29, 1.82) is 0 Å². The minimum atomic E-state index is -0.211. The molecule has 5 nitrogen and oxygen atoms in total. The van der Waals surface area contributed by atoms with E-state index in [0.717, 1.165) is 49.6 Å². The molecular weight excluding hydrogens is 472 g/mol. The number of hydrogen-bond acceptors (Lipinski definition) is 3. The summed E-state index contributed by atoms with van der Waals surface area (Å²) >= 11 is 0. The van der Waals surface area contributed by atoms with E-state index >= 15 is 0 Å². The smallest absolute Gasteiger partial charge is 0.191 e. The van der Waals surface area contributed by atoms with E-state index in [1.54, 1.807) is 6.26 Å². The molecule has 1 aliphatic rings. The van der Waals surface area contributed by atoms with Crippen molar-refractivity contribution in [3.05, 3.63) is 59.8 Å². The number of ether oxygens (including phenoxy) is 1. The third kappa shape index (κ3) is 6.20. The molecule has 2 heterocycles. The highest BCUT2D eigenvalue weighted by atomic mass is 127. The Labute approximate surface area is 183 Å². The van der Waals surface area contributed by atoms with Gasteiger partial charge >= 0.3 is 0 Å². The Balaban J connectivity index is 0.00000280. The number of hydrogen-bond donors (Lipinski definition) is 2. The van der Waals surface area contributed by atoms with Crippen LogP contribution in [0.15, 0.2) is 52.1 Å². The number of guanidine groups is 1. The van der Waals surface area contributed by atoms with Gasteiger partial charge in [0.05, 0.1) is 12.8 Å². The maximum absolute atomic E-state index is 13.4. The number of nitrogens with one attached hydrogen (secondary N) is 2. The van der Waals surface area contributed by atoms with Crippen LogP contribution >= 0.6 is 24.0 Å². The second-order valence-corrected chi connectivity index (χ2v) is 6.85. The average molecular weight is 501 g/mol. The molecule has 3 rings (SSSR count). The van der Waals surface area contributed by atoms with E-state index in [4.69, 9.17) is 14.1 Å². The van der Waals surface area contributed by atoms with Gasteiger partial charge in [0.1, 0.15) is 11.6 Å². The highest BCUT2D eigenvalue weighted by Crippen LogP contribution is 2.35. The summed E-state index contributed by atoms with van der Waals surface area (Å²) in [5.41, 5.74) is 1.01. The predicted octanol–water partition coefficient (Wildman–Crippen LogP) is 3.88. The van der Waals surface area contributed by atoms with E-state index in [9.17, 15) is 4.39 Å². The number of benzene rings is 1. The molecule has 154 valence electrons. The van der Waals surface area contributed by atoms with Crippen molar-refractivity contribution in [3.63, 3.8) is 0 Å². The van der Waals surface area contributed by atoms with E-state index < -0.39 is 0 Å². The average Bonchev–Trinajstić information content (AvgIpc) is 3.21. The molecule has 28 heavy (non-hydrogen) atoms. The Morgan fingerprint density at radius 1 is 1.14 bits per heavy atom. The van der Waals surface area contributed by atoms with Crippen molar-refractivity contribution in [1.82, 2.24) is 10.6 Å². The van der Waals surface area contributed by atoms with Crippen LogP contribution in [0.1, 0.15) is 31.1 Å². The fourth-order valence-corrected chi connectivity index (χ4v) is 3.43. The number of rotatable bonds is 7. The zero-order chi connectivity index (χ0) is 19.0. The van der Waals surface area contributed by atoms with Gasteiger partial charge in [-0.3, -0.25) is 4.99 Å². The Morgan fingerprint density at radius 2 is 1.89 bits per heavy atom. The lowest BCUT2D eigenvalue weighted by molar-refractivity contribution is 0.0531. The molecule has 0 aliphatic carbocycles. The first-order chi connectivity index (χ1) is 13.2. The van der Waals surface area contributed by atoms with Gasteiger partial charge in [-0.05, 0) is 49.6 Å². The van der Waals surface area contributed by atoms with Gasteiger partial charge in [-0.15, -0.1) is 24.0 Å². The molecular formula is C21H29FIN3O2. The quantitative estimate of drug-likeness (QED) is 0.344. The molecule has 0 bridgehead atoms. The molecule has 2 aromatic rings. The van der Waals surface area contributed by atoms with Crippen molar-refractivity contribution in [2.45, 2.75) is 31.6 Å². The molecule has 0 radical (unpaired) electrons. The molecule has 0 unspecified atom stereocenters. The maximum Gasteiger partial charge on any atom is 0.191 e. The van der Waals surface area contributed by atoms with E-state index in [1.807, 2.05) is 31.2 Å². The summed E-state index contributed by atoms with van der Waals surface area (Å²) in [6.45, 7) is 5.63. The van der Waals surface area contributed by atoms with Gasteiger partial charge < -0.3 is 19.8 Å². The second-order valence-electron chi connectivity index (χ2n) is 6.85. The first-order valence-electron chi connectivity index (χ1n) is 9.60. The Kier molecular flexibility index (Phi) is 9.24. The van der Waals surface area contributed by atoms with Crippen molar-refractivity contribution in [3.8, 4) is 0 Å². The van der Waals surface area contributed by atoms with Crippen molar-refractivity contribution in [2.75, 3.05) is 32.8 Å². The van der Waals surface area contributed by atoms with Crippen LogP contribution in [-0.4, -0.2) is 38.8 Å². The van der Waals surface area contributed by atoms with Crippen LogP contribution in [0.25, 0.3) is 0 Å². The lowest BCUT2D eigenvalue weighted by atomic mass is 9.74. The maximum atomic E-state index is 13.4. The summed E-state index contributed by atoms with van der Waals surface area (Å²) in [5.74, 6) is 1.53. The van der Waals surface area contributed by atoms with Crippen LogP contribution in [0.4, 0.5) is 4.39 Å². The van der Waals surface area contributed by atoms with Crippen LogP contribution in [0.3, 0.4) is 0 Å². The Bertz CT molecular complexity index is 714. The summed E-state index contributed by atoms with van der Waals surface area (Å²) in [4.78, 5) is 4.84. The first-order valence-corrected chi connectivity index (χ1v) is 9.60. The molecule has 0 saturated carbocycles. The SMILES string of the molecule is CCNC(=NCC1(c2ccc(F)cc2)CCOCC1)NCCc1ccco1.I. The lowest BCUT2D eigenvalue weighted by Gasteiger charge is -2.36. The molecule has 1 aliphatic heterocycles. The highest BCUT2D eigenvalue weighted by molar-refractivity contribution is 14.0. The van der Waals surface area contributed by atoms with Gasteiger partial charge in [0.15, 0.2) is 5.96 Å². The van der Waals surface area contributed by atoms with Crippen LogP contribution in [-0.2, 0) is 16.6 Å². The first kappa shape index (κ1) is 22.7. The normalized spacial score (nSPS) is 16.3. The van der Waals surface area contributed by atoms with Gasteiger partial charge in [-0.1, -0.05) is 12.1 Å². The van der Waals surface area contributed by atoms with Gasteiger partial charge in [-0.2, -0.15) is 0 Å². The summed E-state index contributed by atoms with van der Waals surface area (Å²) in [6.07, 6.45) is 4.25. The van der Waals surface area contributed by atoms with E-state index in [0.29, 0.717) is 19.8 Å². The summed E-state index contributed by atoms with van der Waals surface area (Å²) in [5, 5.41) is 6.66. The fraction of sp³-hybridized carbons (Fsp3) is 0.476. The van der Waals surface area contributed by atoms with Gasteiger partial charge in [0.2, 0.25) is 0 Å². The van der Waals surface area contributed by atoms with Crippen molar-refractivity contribution >= 4 is 29.9 Å². The Hall–Kier alpha value is -1.61. The van der Waals surface area contributed by atoms with E-state index in [2.05, 4.69) is 10.6 Å². The zero-order valence-electron chi connectivity index (χ0n) is 16.2. The molecule has 7 heteroatoms. The summed E-state index contributed by atoms with van der Waals surface area (Å²) < 4.78 is 24.3. The Morgan fingerprint density at radius 3 is 2.54 bits per heavy atom. The van der Waals surface area contributed by atoms with Gasteiger partial charge in [0.25, 0.3) is 0 Å². The lowest BCUT2D eigenvalue weighted by Crippen LogP contribution is -2.41. The fourth-order valence-electron chi connectivity index (χ4n) is 3.43. The largest absolute Gasteiger partial charge is 0.469 e. The van der Waals surface area contributed by atoms with E-state index in [-0.39, 0.29) is 35.2 Å². The molecule has 1 aromatic heterocycles. The zero-order valence-corrected chi connectivity index (χ0v) is 18.6. The monoisotopic (exact) mass is 501 g/mol. The molecule has 1 fully saturated rings. The van der Waals surface area contributed by atoms with Crippen LogP contribution in [0, 0.1) is 5.82 Å². The topological polar surface area (TPSA) is 58.8 Å².